The van der Waals surface area contributed by atoms with Crippen LogP contribution in [0, 0.1) is 5.92 Å². The lowest BCUT2D eigenvalue weighted by molar-refractivity contribution is 0.246. The van der Waals surface area contributed by atoms with Gasteiger partial charge in [-0.05, 0) is 34.1 Å². The second kappa shape index (κ2) is 4.27. The average Bonchev–Trinajstić information content (AvgIpc) is 2.66. The van der Waals surface area contributed by atoms with E-state index in [1.54, 1.807) is 0 Å². The molecule has 2 aromatic rings. The van der Waals surface area contributed by atoms with Gasteiger partial charge in [-0.15, -0.1) is 0 Å². The molecule has 0 radical (unpaired) electrons. The largest absolute Gasteiger partial charge is 0.478 e. The molecule has 0 amide bonds. The van der Waals surface area contributed by atoms with Crippen LogP contribution in [0.4, 0.5) is 0 Å². The number of nitrogens with one attached hydrogen (secondary N) is 1. The Balaban J connectivity index is 2.31. The minimum absolute atomic E-state index is 0.0537. The van der Waals surface area contributed by atoms with Gasteiger partial charge in [0.2, 0.25) is 0 Å². The van der Waals surface area contributed by atoms with Gasteiger partial charge in [0.15, 0.2) is 5.01 Å². The van der Waals surface area contributed by atoms with Crippen molar-refractivity contribution in [3.8, 4) is 5.75 Å². The molecule has 80 valence electrons. The molecule has 1 aromatic carbocycles. The predicted molar refractivity (Wildman–Crippen MR) is 66.5 cm³/mol. The van der Waals surface area contributed by atoms with Gasteiger partial charge in [0.05, 0.1) is 0 Å². The number of hydrogen-bond acceptors (Lipinski definition) is 1. The van der Waals surface area contributed by atoms with E-state index in [1.165, 1.54) is 0 Å². The quantitative estimate of drug-likeness (QED) is 0.838. The molecule has 0 spiro atoms. The molecule has 2 rings (SSSR count). The summed E-state index contributed by atoms with van der Waals surface area (Å²) < 4.78 is 5.84. The van der Waals surface area contributed by atoms with Crippen LogP contribution in [0.3, 0.4) is 0 Å². The highest BCUT2D eigenvalue weighted by Gasteiger charge is 2.12. The van der Waals surface area contributed by atoms with Crippen LogP contribution in [0.15, 0.2) is 30.5 Å². The molecule has 0 unspecified atom stereocenters. The molecule has 1 heterocycles. The molecule has 1 N–H and O–H groups in total. The molecule has 2 nitrogen and oxygen atoms in total. The summed E-state index contributed by atoms with van der Waals surface area (Å²) in [5, 5.41) is 1.18. The second-order valence-corrected chi connectivity index (χ2v) is 4.81. The summed E-state index contributed by atoms with van der Waals surface area (Å²) in [5.41, 5.74) is 1.11. The first-order chi connectivity index (χ1) is 7.18. The van der Waals surface area contributed by atoms with E-state index < -0.39 is 0 Å². The predicted octanol–water partition coefficient (Wildman–Crippen LogP) is 3.92. The van der Waals surface area contributed by atoms with Crippen molar-refractivity contribution in [2.45, 2.75) is 18.9 Å². The number of aromatic nitrogens is 1. The van der Waals surface area contributed by atoms with Crippen molar-refractivity contribution in [1.82, 2.24) is 4.98 Å². The molecule has 1 atom stereocenters. The fourth-order valence-corrected chi connectivity index (χ4v) is 1.62. The van der Waals surface area contributed by atoms with Crippen molar-refractivity contribution in [3.05, 3.63) is 30.5 Å². The Morgan fingerprint density at radius 3 is 2.80 bits per heavy atom. The zero-order chi connectivity index (χ0) is 10.8. The van der Waals surface area contributed by atoms with Gasteiger partial charge in [-0.2, -0.15) is 0 Å². The molecule has 15 heavy (non-hydrogen) atoms. The maximum Gasteiger partial charge on any atom is 0.155 e. The van der Waals surface area contributed by atoms with Crippen molar-refractivity contribution in [3.63, 3.8) is 0 Å². The van der Waals surface area contributed by atoms with E-state index in [0.717, 1.165) is 16.7 Å². The first-order valence-electron chi connectivity index (χ1n) is 5.05. The van der Waals surface area contributed by atoms with Crippen LogP contribution in [-0.4, -0.2) is 10.00 Å². The summed E-state index contributed by atoms with van der Waals surface area (Å²) in [7, 11) is 0. The van der Waals surface area contributed by atoms with Crippen LogP contribution in [0.5, 0.6) is 5.75 Å². The topological polar surface area (TPSA) is 25.0 Å². The van der Waals surface area contributed by atoms with Gasteiger partial charge in [-0.1, -0.05) is 19.9 Å². The van der Waals surface area contributed by atoms with Crippen molar-refractivity contribution < 1.29 is 4.74 Å². The average molecular weight is 268 g/mol. The maximum absolute atomic E-state index is 5.84. The molecule has 0 fully saturated rings. The van der Waals surface area contributed by atoms with E-state index in [-0.39, 0.29) is 5.01 Å². The standard InChI is InChI=1S/C12H14BrNO/c1-8(2)12(13)15-11-5-3-4-10-9(11)6-7-14-10/h3-8,12,14H,1-2H3/t12-/m1/s1. The van der Waals surface area contributed by atoms with Crippen LogP contribution in [0.1, 0.15) is 13.8 Å². The smallest absolute Gasteiger partial charge is 0.155 e. The number of aromatic amines is 1. The van der Waals surface area contributed by atoms with Gasteiger partial charge < -0.3 is 9.72 Å². The SMILES string of the molecule is CC(C)[C@H](Br)Oc1cccc2[nH]ccc12. The molecule has 0 saturated heterocycles. The normalized spacial score (nSPS) is 13.3. The van der Waals surface area contributed by atoms with Gasteiger partial charge in [0.25, 0.3) is 0 Å². The van der Waals surface area contributed by atoms with E-state index in [2.05, 4.69) is 34.8 Å². The summed E-state index contributed by atoms with van der Waals surface area (Å²) in [5.74, 6) is 1.36. The summed E-state index contributed by atoms with van der Waals surface area (Å²) in [4.78, 5) is 3.17. The lowest BCUT2D eigenvalue weighted by Gasteiger charge is -2.16. The third-order valence-corrected chi connectivity index (χ3v) is 3.56. The fraction of sp³-hybridized carbons (Fsp3) is 0.333. The lowest BCUT2D eigenvalue weighted by Crippen LogP contribution is -2.15. The van der Waals surface area contributed by atoms with Crippen LogP contribution >= 0.6 is 15.9 Å². The van der Waals surface area contributed by atoms with Crippen molar-refractivity contribution >= 4 is 26.8 Å². The second-order valence-electron chi connectivity index (χ2n) is 3.91. The molecule has 1 aromatic heterocycles. The Kier molecular flexibility index (Phi) is 3.00. The Hall–Kier alpha value is -0.960. The van der Waals surface area contributed by atoms with Gasteiger partial charge in [0.1, 0.15) is 5.75 Å². The summed E-state index contributed by atoms with van der Waals surface area (Å²) in [6.45, 7) is 4.24. The molecular weight excluding hydrogens is 254 g/mol. The minimum atomic E-state index is 0.0537. The van der Waals surface area contributed by atoms with Crippen LogP contribution in [0.25, 0.3) is 10.9 Å². The number of H-pyrrole nitrogens is 1. The van der Waals surface area contributed by atoms with Gasteiger partial charge in [0, 0.05) is 23.0 Å². The third-order valence-electron chi connectivity index (χ3n) is 2.32. The molecule has 0 saturated carbocycles. The van der Waals surface area contributed by atoms with Crippen LogP contribution < -0.4 is 4.74 Å². The highest BCUT2D eigenvalue weighted by molar-refractivity contribution is 9.09. The number of alkyl halides is 1. The molecule has 3 heteroatoms. The molecule has 0 bridgehead atoms. The van der Waals surface area contributed by atoms with Crippen molar-refractivity contribution in [2.24, 2.45) is 5.92 Å². The highest BCUT2D eigenvalue weighted by Crippen LogP contribution is 2.27. The first-order valence-corrected chi connectivity index (χ1v) is 5.97. The molecular formula is C12H14BrNO. The van der Waals surface area contributed by atoms with Crippen LogP contribution in [-0.2, 0) is 0 Å². The van der Waals surface area contributed by atoms with E-state index in [9.17, 15) is 0 Å². The lowest BCUT2D eigenvalue weighted by atomic mass is 10.2. The summed E-state index contributed by atoms with van der Waals surface area (Å²) >= 11 is 3.52. The number of benzene rings is 1. The maximum atomic E-state index is 5.84. The summed E-state index contributed by atoms with van der Waals surface area (Å²) in [6.07, 6.45) is 1.93. The summed E-state index contributed by atoms with van der Waals surface area (Å²) in [6, 6.07) is 8.06. The highest BCUT2D eigenvalue weighted by atomic mass is 79.9. The van der Waals surface area contributed by atoms with Crippen LogP contribution in [0.2, 0.25) is 0 Å². The van der Waals surface area contributed by atoms with E-state index in [0.29, 0.717) is 5.92 Å². The Morgan fingerprint density at radius 2 is 2.07 bits per heavy atom. The van der Waals surface area contributed by atoms with Gasteiger partial charge in [-0.3, -0.25) is 0 Å². The van der Waals surface area contributed by atoms with E-state index >= 15 is 0 Å². The zero-order valence-corrected chi connectivity index (χ0v) is 10.4. The number of fused-ring (bicyclic) bond motifs is 1. The van der Waals surface area contributed by atoms with Gasteiger partial charge >= 0.3 is 0 Å². The van der Waals surface area contributed by atoms with E-state index in [4.69, 9.17) is 4.74 Å². The first kappa shape index (κ1) is 10.6. The van der Waals surface area contributed by atoms with Crippen molar-refractivity contribution in [2.75, 3.05) is 0 Å². The van der Waals surface area contributed by atoms with E-state index in [1.807, 2.05) is 30.5 Å². The monoisotopic (exact) mass is 267 g/mol. The Labute approximate surface area is 97.8 Å². The zero-order valence-electron chi connectivity index (χ0n) is 8.83. The molecule has 0 aliphatic carbocycles. The number of ether oxygens (including phenoxy) is 1. The van der Waals surface area contributed by atoms with Gasteiger partial charge in [-0.25, -0.2) is 0 Å². The third kappa shape index (κ3) is 2.17. The number of halogens is 1. The Morgan fingerprint density at radius 1 is 1.27 bits per heavy atom. The number of hydrogen-bond donors (Lipinski definition) is 1. The minimum Gasteiger partial charge on any atom is -0.478 e. The molecule has 0 aliphatic rings. The molecule has 0 aliphatic heterocycles. The van der Waals surface area contributed by atoms with Crippen molar-refractivity contribution in [1.29, 1.82) is 0 Å². The number of rotatable bonds is 3. The fourth-order valence-electron chi connectivity index (χ4n) is 1.42. The Bertz CT molecular complexity index is 450.